The molecule has 0 bridgehead atoms. The van der Waals surface area contributed by atoms with Gasteiger partial charge in [-0.15, -0.1) is 0 Å². The number of carbonyl (C=O) groups is 1. The van der Waals surface area contributed by atoms with E-state index in [1.54, 1.807) is 30.5 Å². The quantitative estimate of drug-likeness (QED) is 0.611. The lowest BCUT2D eigenvalue weighted by Gasteiger charge is -2.08. The number of aliphatic imine (C=N–C) groups is 1. The molecule has 26 heavy (non-hydrogen) atoms. The molecule has 1 N–H and O–H groups in total. The number of benzene rings is 2. The third-order valence-electron chi connectivity index (χ3n) is 3.65. The lowest BCUT2D eigenvalue weighted by molar-refractivity contribution is -0.113. The molecule has 0 atom stereocenters. The van der Waals surface area contributed by atoms with Gasteiger partial charge >= 0.3 is 0 Å². The van der Waals surface area contributed by atoms with Gasteiger partial charge in [-0.3, -0.25) is 4.79 Å². The van der Waals surface area contributed by atoms with Crippen LogP contribution in [0.5, 0.6) is 0 Å². The molecule has 4 rings (SSSR count). The Balaban J connectivity index is 1.58. The summed E-state index contributed by atoms with van der Waals surface area (Å²) in [6.45, 7) is 0. The smallest absolute Gasteiger partial charge is 0.286 e. The second kappa shape index (κ2) is 7.07. The molecule has 0 spiro atoms. The van der Waals surface area contributed by atoms with Gasteiger partial charge in [-0.1, -0.05) is 35.3 Å². The van der Waals surface area contributed by atoms with Crippen molar-refractivity contribution < 1.29 is 4.79 Å². The zero-order valence-electron chi connectivity index (χ0n) is 13.1. The van der Waals surface area contributed by atoms with Crippen LogP contribution in [0, 0.1) is 0 Å². The Labute approximate surface area is 163 Å². The van der Waals surface area contributed by atoms with E-state index in [1.807, 2.05) is 24.3 Å². The number of amidine groups is 1. The SMILES string of the molecule is O=C1N=C(Nc2c(Cl)cccc2Cl)S/C1=C\c1ccc2nnccc2c1. The predicted molar refractivity (Wildman–Crippen MR) is 108 cm³/mol. The first-order chi connectivity index (χ1) is 12.6. The Kier molecular flexibility index (Phi) is 4.63. The second-order valence-corrected chi connectivity index (χ2v) is 7.25. The summed E-state index contributed by atoms with van der Waals surface area (Å²) in [5.41, 5.74) is 2.21. The van der Waals surface area contributed by atoms with E-state index in [1.165, 1.54) is 11.8 Å². The van der Waals surface area contributed by atoms with E-state index in [2.05, 4.69) is 20.5 Å². The molecule has 0 radical (unpaired) electrons. The number of aromatic nitrogens is 2. The van der Waals surface area contributed by atoms with Crippen LogP contribution in [-0.2, 0) is 4.79 Å². The second-order valence-electron chi connectivity index (χ2n) is 5.40. The maximum atomic E-state index is 12.2. The van der Waals surface area contributed by atoms with Crippen molar-refractivity contribution in [2.24, 2.45) is 4.99 Å². The average Bonchev–Trinajstić information content (AvgIpc) is 2.97. The first kappa shape index (κ1) is 17.0. The van der Waals surface area contributed by atoms with Crippen LogP contribution >= 0.6 is 35.0 Å². The first-order valence-corrected chi connectivity index (χ1v) is 9.12. The van der Waals surface area contributed by atoms with Gasteiger partial charge in [-0.2, -0.15) is 15.2 Å². The number of nitrogens with zero attached hydrogens (tertiary/aromatic N) is 3. The molecule has 0 saturated carbocycles. The molecule has 0 unspecified atom stereocenters. The minimum Gasteiger partial charge on any atom is -0.332 e. The molecule has 0 saturated heterocycles. The molecule has 1 aliphatic heterocycles. The van der Waals surface area contributed by atoms with Gasteiger partial charge in [0.25, 0.3) is 5.91 Å². The number of rotatable bonds is 2. The third-order valence-corrected chi connectivity index (χ3v) is 5.18. The van der Waals surface area contributed by atoms with E-state index in [-0.39, 0.29) is 5.91 Å². The summed E-state index contributed by atoms with van der Waals surface area (Å²) < 4.78 is 0. The van der Waals surface area contributed by atoms with Crippen molar-refractivity contribution in [1.29, 1.82) is 0 Å². The molecule has 1 aliphatic rings. The number of amides is 1. The van der Waals surface area contributed by atoms with Crippen LogP contribution < -0.4 is 5.32 Å². The van der Waals surface area contributed by atoms with Gasteiger partial charge in [-0.25, -0.2) is 0 Å². The topological polar surface area (TPSA) is 67.2 Å². The molecule has 3 aromatic rings. The Morgan fingerprint density at radius 3 is 2.69 bits per heavy atom. The minimum atomic E-state index is -0.311. The molecule has 128 valence electrons. The number of para-hydroxylation sites is 1. The molecule has 0 fully saturated rings. The van der Waals surface area contributed by atoms with E-state index in [0.29, 0.717) is 25.8 Å². The summed E-state index contributed by atoms with van der Waals surface area (Å²) in [5, 5.41) is 13.2. The van der Waals surface area contributed by atoms with Crippen LogP contribution in [0.4, 0.5) is 5.69 Å². The Morgan fingerprint density at radius 2 is 1.88 bits per heavy atom. The maximum Gasteiger partial charge on any atom is 0.286 e. The van der Waals surface area contributed by atoms with Gasteiger partial charge in [0.15, 0.2) is 5.17 Å². The van der Waals surface area contributed by atoms with E-state index >= 15 is 0 Å². The van der Waals surface area contributed by atoms with Crippen LogP contribution in [-0.4, -0.2) is 21.3 Å². The fourth-order valence-corrected chi connectivity index (χ4v) is 3.74. The molecule has 0 aliphatic carbocycles. The molecule has 5 nitrogen and oxygen atoms in total. The van der Waals surface area contributed by atoms with Crippen molar-refractivity contribution in [2.45, 2.75) is 0 Å². The average molecular weight is 401 g/mol. The predicted octanol–water partition coefficient (Wildman–Crippen LogP) is 5.02. The van der Waals surface area contributed by atoms with Gasteiger partial charge in [-0.05, 0) is 53.7 Å². The standard InChI is InChI=1S/C18H10Cl2N4OS/c19-12-2-1-3-13(20)16(12)22-18-23-17(25)15(26-18)9-10-4-5-14-11(8-10)6-7-21-24-14/h1-9H,(H,22,23,25)/b15-9-. The van der Waals surface area contributed by atoms with Crippen molar-refractivity contribution in [2.75, 3.05) is 5.32 Å². The molecule has 1 amide bonds. The van der Waals surface area contributed by atoms with Crippen molar-refractivity contribution >= 4 is 68.7 Å². The van der Waals surface area contributed by atoms with Gasteiger partial charge < -0.3 is 5.32 Å². The number of hydrogen-bond donors (Lipinski definition) is 1. The number of hydrogen-bond acceptors (Lipinski definition) is 5. The summed E-state index contributed by atoms with van der Waals surface area (Å²) in [5.74, 6) is -0.311. The van der Waals surface area contributed by atoms with Gasteiger partial charge in [0.05, 0.1) is 32.4 Å². The monoisotopic (exact) mass is 400 g/mol. The van der Waals surface area contributed by atoms with Crippen LogP contribution in [0.1, 0.15) is 5.56 Å². The summed E-state index contributed by atoms with van der Waals surface area (Å²) >= 11 is 13.5. The number of fused-ring (bicyclic) bond motifs is 1. The summed E-state index contributed by atoms with van der Waals surface area (Å²) in [7, 11) is 0. The van der Waals surface area contributed by atoms with Crippen molar-refractivity contribution in [3.8, 4) is 0 Å². The number of thioether (sulfide) groups is 1. The van der Waals surface area contributed by atoms with Crippen molar-refractivity contribution in [3.05, 3.63) is 69.2 Å². The minimum absolute atomic E-state index is 0.311. The van der Waals surface area contributed by atoms with E-state index in [4.69, 9.17) is 23.2 Å². The zero-order chi connectivity index (χ0) is 18.1. The Morgan fingerprint density at radius 1 is 1.08 bits per heavy atom. The number of nitrogens with one attached hydrogen (secondary N) is 1. The molecule has 1 aromatic heterocycles. The highest BCUT2D eigenvalue weighted by Crippen LogP contribution is 2.34. The molecular formula is C18H10Cl2N4OS. The molecule has 2 aromatic carbocycles. The fourth-order valence-electron chi connectivity index (χ4n) is 2.43. The summed E-state index contributed by atoms with van der Waals surface area (Å²) in [4.78, 5) is 16.7. The molecular weight excluding hydrogens is 391 g/mol. The Bertz CT molecular complexity index is 1080. The molecule has 2 heterocycles. The van der Waals surface area contributed by atoms with E-state index in [0.717, 1.165) is 16.5 Å². The van der Waals surface area contributed by atoms with Crippen LogP contribution in [0.2, 0.25) is 10.0 Å². The van der Waals surface area contributed by atoms with Crippen LogP contribution in [0.25, 0.3) is 17.0 Å². The van der Waals surface area contributed by atoms with Crippen LogP contribution in [0.15, 0.2) is 58.6 Å². The van der Waals surface area contributed by atoms with Crippen LogP contribution in [0.3, 0.4) is 0 Å². The number of halogens is 2. The third kappa shape index (κ3) is 3.44. The summed E-state index contributed by atoms with van der Waals surface area (Å²) in [6, 6.07) is 12.7. The highest BCUT2D eigenvalue weighted by Gasteiger charge is 2.23. The highest BCUT2D eigenvalue weighted by molar-refractivity contribution is 8.18. The van der Waals surface area contributed by atoms with Gasteiger partial charge in [0.1, 0.15) is 0 Å². The van der Waals surface area contributed by atoms with E-state index < -0.39 is 0 Å². The van der Waals surface area contributed by atoms with E-state index in [9.17, 15) is 4.79 Å². The highest BCUT2D eigenvalue weighted by atomic mass is 35.5. The maximum absolute atomic E-state index is 12.2. The first-order valence-electron chi connectivity index (χ1n) is 7.55. The van der Waals surface area contributed by atoms with Crippen molar-refractivity contribution in [1.82, 2.24) is 10.2 Å². The van der Waals surface area contributed by atoms with Gasteiger partial charge in [0.2, 0.25) is 0 Å². The van der Waals surface area contributed by atoms with Crippen molar-refractivity contribution in [3.63, 3.8) is 0 Å². The number of carbonyl (C=O) groups excluding carboxylic acids is 1. The fraction of sp³-hybridized carbons (Fsp3) is 0. The Hall–Kier alpha value is -2.41. The molecule has 8 heteroatoms. The number of anilines is 1. The lowest BCUT2D eigenvalue weighted by Crippen LogP contribution is -2.05. The van der Waals surface area contributed by atoms with Gasteiger partial charge in [0, 0.05) is 5.39 Å². The lowest BCUT2D eigenvalue weighted by atomic mass is 10.1. The normalized spacial score (nSPS) is 15.5. The largest absolute Gasteiger partial charge is 0.332 e. The summed E-state index contributed by atoms with van der Waals surface area (Å²) in [6.07, 6.45) is 3.42. The zero-order valence-corrected chi connectivity index (χ0v) is 15.4.